The molecule has 7 heavy (non-hydrogen) atoms. The molecule has 0 N–H and O–H groups in total. The zero-order valence-electron chi connectivity index (χ0n) is 4.50. The fourth-order valence-electron chi connectivity index (χ4n) is 0.858. The molecule has 0 spiro atoms. The number of halogens is 1. The maximum absolute atomic E-state index is 5.74. The Kier molecular flexibility index (Phi) is 1.38. The van der Waals surface area contributed by atoms with Crippen molar-refractivity contribution in [1.29, 1.82) is 0 Å². The van der Waals surface area contributed by atoms with E-state index >= 15 is 0 Å². The monoisotopic (exact) mass is 116 g/mol. The Balaban J connectivity index is 2.64. The Hall–Kier alpha value is 0.0300. The van der Waals surface area contributed by atoms with Gasteiger partial charge >= 0.3 is 0 Å². The quantitative estimate of drug-likeness (QED) is 0.457. The van der Waals surface area contributed by atoms with Crippen LogP contribution in [0.15, 0.2) is 10.6 Å². The van der Waals surface area contributed by atoms with Crippen LogP contribution in [0.4, 0.5) is 0 Å². The minimum absolute atomic E-state index is 1.10. The maximum atomic E-state index is 5.74. The van der Waals surface area contributed by atoms with Gasteiger partial charge in [-0.25, -0.2) is 0 Å². The van der Waals surface area contributed by atoms with Crippen molar-refractivity contribution >= 4 is 11.6 Å². The van der Waals surface area contributed by atoms with Crippen molar-refractivity contribution in [1.82, 2.24) is 0 Å². The van der Waals surface area contributed by atoms with Gasteiger partial charge in [-0.15, -0.1) is 0 Å². The molecule has 0 atom stereocenters. The van der Waals surface area contributed by atoms with Gasteiger partial charge in [-0.1, -0.05) is 17.2 Å². The van der Waals surface area contributed by atoms with Crippen LogP contribution in [0.5, 0.6) is 0 Å². The van der Waals surface area contributed by atoms with Crippen molar-refractivity contribution < 1.29 is 0 Å². The minimum Gasteiger partial charge on any atom is -0.0892 e. The molecule has 1 aliphatic carbocycles. The largest absolute Gasteiger partial charge is 0.0892 e. The van der Waals surface area contributed by atoms with Gasteiger partial charge in [0, 0.05) is 5.03 Å². The Morgan fingerprint density at radius 1 is 1.43 bits per heavy atom. The van der Waals surface area contributed by atoms with Gasteiger partial charge in [0.25, 0.3) is 0 Å². The summed E-state index contributed by atoms with van der Waals surface area (Å²) in [5.74, 6) is 0. The molecule has 1 aliphatic rings. The molecule has 0 bridgehead atoms. The summed E-state index contributed by atoms with van der Waals surface area (Å²) in [5.41, 5.74) is 1.39. The van der Waals surface area contributed by atoms with Gasteiger partial charge in [-0.05, 0) is 26.2 Å². The minimum atomic E-state index is 1.10. The molecule has 0 saturated carbocycles. The predicted molar refractivity (Wildman–Crippen MR) is 32.4 cm³/mol. The van der Waals surface area contributed by atoms with E-state index in [0.717, 1.165) is 11.5 Å². The topological polar surface area (TPSA) is 0 Å². The van der Waals surface area contributed by atoms with E-state index in [9.17, 15) is 0 Å². The van der Waals surface area contributed by atoms with Crippen molar-refractivity contribution in [2.24, 2.45) is 0 Å². The molecule has 0 aliphatic heterocycles. The second-order valence-corrected chi connectivity index (χ2v) is 2.50. The lowest BCUT2D eigenvalue weighted by molar-refractivity contribution is 0.903. The Morgan fingerprint density at radius 3 is 2.29 bits per heavy atom. The SMILES string of the molecule is CC1=C(Cl)CCC1. The first-order chi connectivity index (χ1) is 3.30. The number of allylic oxidation sites excluding steroid dienone is 2. The van der Waals surface area contributed by atoms with E-state index in [0.29, 0.717) is 0 Å². The number of hydrogen-bond donors (Lipinski definition) is 0. The molecular formula is C6H9Cl. The molecule has 0 aromatic rings. The molecule has 1 heteroatoms. The zero-order chi connectivity index (χ0) is 5.28. The average molecular weight is 117 g/mol. The molecule has 40 valence electrons. The third-order valence-electron chi connectivity index (χ3n) is 1.41. The van der Waals surface area contributed by atoms with Crippen molar-refractivity contribution in [3.8, 4) is 0 Å². The predicted octanol–water partition coefficient (Wildman–Crippen LogP) is 2.68. The van der Waals surface area contributed by atoms with Crippen LogP contribution in [0.2, 0.25) is 0 Å². The van der Waals surface area contributed by atoms with Crippen LogP contribution in [0, 0.1) is 0 Å². The van der Waals surface area contributed by atoms with E-state index in [-0.39, 0.29) is 0 Å². The highest BCUT2D eigenvalue weighted by molar-refractivity contribution is 6.30. The lowest BCUT2D eigenvalue weighted by Crippen LogP contribution is -1.62. The molecule has 0 heterocycles. The first-order valence-corrected chi connectivity index (χ1v) is 3.02. The van der Waals surface area contributed by atoms with E-state index in [1.54, 1.807) is 0 Å². The van der Waals surface area contributed by atoms with E-state index in [1.165, 1.54) is 18.4 Å². The van der Waals surface area contributed by atoms with Crippen LogP contribution >= 0.6 is 11.6 Å². The second kappa shape index (κ2) is 1.87. The van der Waals surface area contributed by atoms with E-state index in [2.05, 4.69) is 6.92 Å². The average Bonchev–Trinajstić information content (AvgIpc) is 1.91. The van der Waals surface area contributed by atoms with Gasteiger partial charge < -0.3 is 0 Å². The van der Waals surface area contributed by atoms with E-state index in [1.807, 2.05) is 0 Å². The normalized spacial score (nSPS) is 21.4. The van der Waals surface area contributed by atoms with Crippen molar-refractivity contribution in [2.75, 3.05) is 0 Å². The molecule has 0 aromatic carbocycles. The van der Waals surface area contributed by atoms with Crippen LogP contribution in [0.1, 0.15) is 26.2 Å². The highest BCUT2D eigenvalue weighted by Gasteiger charge is 2.05. The first kappa shape index (κ1) is 5.17. The Morgan fingerprint density at radius 2 is 2.14 bits per heavy atom. The summed E-state index contributed by atoms with van der Waals surface area (Å²) < 4.78 is 0. The third kappa shape index (κ3) is 0.973. The van der Waals surface area contributed by atoms with Gasteiger partial charge in [-0.3, -0.25) is 0 Å². The van der Waals surface area contributed by atoms with Crippen LogP contribution in [-0.2, 0) is 0 Å². The zero-order valence-corrected chi connectivity index (χ0v) is 5.26. The highest BCUT2D eigenvalue weighted by Crippen LogP contribution is 2.27. The molecule has 0 fully saturated rings. The van der Waals surface area contributed by atoms with Gasteiger partial charge in [-0.2, -0.15) is 0 Å². The molecule has 1 rings (SSSR count). The number of hydrogen-bond acceptors (Lipinski definition) is 0. The fraction of sp³-hybridized carbons (Fsp3) is 0.667. The highest BCUT2D eigenvalue weighted by atomic mass is 35.5. The van der Waals surface area contributed by atoms with Crippen molar-refractivity contribution in [2.45, 2.75) is 26.2 Å². The Labute approximate surface area is 49.2 Å². The smallest absolute Gasteiger partial charge is 0.0170 e. The summed E-state index contributed by atoms with van der Waals surface area (Å²) in [6.07, 6.45) is 3.61. The van der Waals surface area contributed by atoms with Crippen LogP contribution in [0.25, 0.3) is 0 Å². The summed E-state index contributed by atoms with van der Waals surface area (Å²) in [6.45, 7) is 2.11. The summed E-state index contributed by atoms with van der Waals surface area (Å²) in [5, 5.41) is 1.10. The maximum Gasteiger partial charge on any atom is 0.0170 e. The van der Waals surface area contributed by atoms with E-state index in [4.69, 9.17) is 11.6 Å². The molecule has 0 radical (unpaired) electrons. The molecule has 0 amide bonds. The standard InChI is InChI=1S/C6H9Cl/c1-5-3-2-4-6(5)7/h2-4H2,1H3. The van der Waals surface area contributed by atoms with Crippen molar-refractivity contribution in [3.63, 3.8) is 0 Å². The van der Waals surface area contributed by atoms with Gasteiger partial charge in [0.2, 0.25) is 0 Å². The Bertz CT molecular complexity index is 90.7. The van der Waals surface area contributed by atoms with Gasteiger partial charge in [0.1, 0.15) is 0 Å². The second-order valence-electron chi connectivity index (χ2n) is 2.04. The number of rotatable bonds is 0. The lowest BCUT2D eigenvalue weighted by atomic mass is 10.3. The van der Waals surface area contributed by atoms with Gasteiger partial charge in [0.05, 0.1) is 0 Å². The molecule has 0 nitrogen and oxygen atoms in total. The molecule has 0 saturated heterocycles. The van der Waals surface area contributed by atoms with Crippen LogP contribution < -0.4 is 0 Å². The summed E-state index contributed by atoms with van der Waals surface area (Å²) in [4.78, 5) is 0. The fourth-order valence-corrected chi connectivity index (χ4v) is 1.09. The molecule has 0 aromatic heterocycles. The summed E-state index contributed by atoms with van der Waals surface area (Å²) in [7, 11) is 0. The summed E-state index contributed by atoms with van der Waals surface area (Å²) in [6, 6.07) is 0. The first-order valence-electron chi connectivity index (χ1n) is 2.65. The van der Waals surface area contributed by atoms with Gasteiger partial charge in [0.15, 0.2) is 0 Å². The summed E-state index contributed by atoms with van der Waals surface area (Å²) >= 11 is 5.74. The molecular weight excluding hydrogens is 108 g/mol. The lowest BCUT2D eigenvalue weighted by Gasteiger charge is -1.84. The van der Waals surface area contributed by atoms with E-state index < -0.39 is 0 Å². The van der Waals surface area contributed by atoms with Crippen LogP contribution in [-0.4, -0.2) is 0 Å². The third-order valence-corrected chi connectivity index (χ3v) is 1.92. The molecule has 0 unspecified atom stereocenters. The van der Waals surface area contributed by atoms with Crippen molar-refractivity contribution in [3.05, 3.63) is 10.6 Å². The van der Waals surface area contributed by atoms with Crippen LogP contribution in [0.3, 0.4) is 0 Å².